The van der Waals surface area contributed by atoms with Gasteiger partial charge < -0.3 is 10.8 Å². The van der Waals surface area contributed by atoms with Crippen LogP contribution in [-0.4, -0.2) is 32.0 Å². The average molecular weight is 478 g/mol. The summed E-state index contributed by atoms with van der Waals surface area (Å²) >= 11 is 0. The summed E-state index contributed by atoms with van der Waals surface area (Å²) in [6, 6.07) is 12.3. The van der Waals surface area contributed by atoms with Crippen LogP contribution in [-0.2, 0) is 12.8 Å². The van der Waals surface area contributed by atoms with Crippen LogP contribution in [0, 0.1) is 0 Å². The molecule has 2 heterocycles. The molecule has 0 saturated heterocycles. The van der Waals surface area contributed by atoms with Crippen molar-refractivity contribution in [3.63, 3.8) is 0 Å². The zero-order chi connectivity index (χ0) is 26.1. The van der Waals surface area contributed by atoms with Gasteiger partial charge in [-0.3, -0.25) is 9.55 Å². The Morgan fingerprint density at radius 1 is 0.943 bits per heavy atom. The smallest absolute Gasteiger partial charge is 0.151 e. The van der Waals surface area contributed by atoms with Gasteiger partial charge in [0.1, 0.15) is 11.7 Å². The number of nitrogens with two attached hydrogens (primary N) is 1. The van der Waals surface area contributed by atoms with Crippen molar-refractivity contribution < 1.29 is 5.11 Å². The van der Waals surface area contributed by atoms with Crippen LogP contribution in [0.1, 0.15) is 71.4 Å². The number of aryl methyl sites for hydroxylation is 1. The summed E-state index contributed by atoms with van der Waals surface area (Å²) in [5.41, 5.74) is 10.3. The predicted molar refractivity (Wildman–Crippen MR) is 149 cm³/mol. The molecule has 0 radical (unpaired) electrons. The molecule has 1 aromatic carbocycles. The predicted octanol–water partition coefficient (Wildman–Crippen LogP) is 4.55. The molecule has 0 saturated carbocycles. The number of nitrogens with zero attached hydrogens (tertiary/aromatic N) is 4. The minimum Gasteiger partial charge on any atom is -0.396 e. The molecule has 0 spiro atoms. The maximum atomic E-state index is 8.73. The van der Waals surface area contributed by atoms with Gasteiger partial charge in [-0.15, -0.1) is 0 Å². The Kier molecular flexibility index (Phi) is 14.7. The first-order valence-electron chi connectivity index (χ1n) is 12.5. The van der Waals surface area contributed by atoms with E-state index in [-0.39, 0.29) is 6.61 Å². The summed E-state index contributed by atoms with van der Waals surface area (Å²) in [4.78, 5) is 12.4. The number of rotatable bonds is 8. The quantitative estimate of drug-likeness (QED) is 0.466. The third kappa shape index (κ3) is 11.1. The number of benzene rings is 1. The fourth-order valence-corrected chi connectivity index (χ4v) is 2.99. The van der Waals surface area contributed by atoms with Crippen molar-refractivity contribution in [2.24, 2.45) is 10.7 Å². The van der Waals surface area contributed by atoms with Crippen LogP contribution in [0.5, 0.6) is 0 Å². The zero-order valence-electron chi connectivity index (χ0n) is 22.2. The molecule has 0 atom stereocenters. The summed E-state index contributed by atoms with van der Waals surface area (Å²) < 4.78 is 1.85. The number of aliphatic imine (C=N–C) groups is 1. The molecule has 190 valence electrons. The van der Waals surface area contributed by atoms with Gasteiger partial charge in [0.05, 0.1) is 11.0 Å². The SMILES string of the molecule is C=c1/c(=C(/N)N=C(C)C)ncn1-c1ccncc1.CCCC.CCCCc1ccc(CCO)cc1. The van der Waals surface area contributed by atoms with E-state index < -0.39 is 0 Å². The molecule has 0 aliphatic heterocycles. The lowest BCUT2D eigenvalue weighted by atomic mass is 10.1. The maximum Gasteiger partial charge on any atom is 0.151 e. The molecule has 0 aliphatic rings. The minimum absolute atomic E-state index is 0.244. The monoisotopic (exact) mass is 477 g/mol. The number of imidazole rings is 1. The largest absolute Gasteiger partial charge is 0.396 e. The Labute approximate surface area is 211 Å². The highest BCUT2D eigenvalue weighted by atomic mass is 16.2. The van der Waals surface area contributed by atoms with Gasteiger partial charge in [-0.1, -0.05) is 70.9 Å². The molecule has 0 amide bonds. The molecule has 3 rings (SSSR count). The number of aliphatic hydroxyl groups excluding tert-OH is 1. The maximum absolute atomic E-state index is 8.73. The van der Waals surface area contributed by atoms with Crippen LogP contribution < -0.4 is 16.4 Å². The number of unbranched alkanes of at least 4 members (excludes halogenated alkanes) is 2. The number of hydrogen-bond donors (Lipinski definition) is 2. The second kappa shape index (κ2) is 17.2. The number of hydrogen-bond acceptors (Lipinski definition) is 5. The van der Waals surface area contributed by atoms with Gasteiger partial charge in [0.15, 0.2) is 5.82 Å². The first kappa shape index (κ1) is 29.8. The van der Waals surface area contributed by atoms with E-state index in [2.05, 4.69) is 66.6 Å². The zero-order valence-corrected chi connectivity index (χ0v) is 22.2. The lowest BCUT2D eigenvalue weighted by Crippen LogP contribution is -2.32. The van der Waals surface area contributed by atoms with Crippen molar-refractivity contribution >= 4 is 18.1 Å². The second-order valence-electron chi connectivity index (χ2n) is 8.45. The summed E-state index contributed by atoms with van der Waals surface area (Å²) in [6.45, 7) is 14.6. The van der Waals surface area contributed by atoms with Crippen molar-refractivity contribution in [3.8, 4) is 5.69 Å². The van der Waals surface area contributed by atoms with E-state index >= 15 is 0 Å². The average Bonchev–Trinajstić information content (AvgIpc) is 3.26. The van der Waals surface area contributed by atoms with Gasteiger partial charge >= 0.3 is 0 Å². The molecule has 6 heteroatoms. The summed E-state index contributed by atoms with van der Waals surface area (Å²) in [5.74, 6) is 0.382. The van der Waals surface area contributed by atoms with Gasteiger partial charge in [0.25, 0.3) is 0 Å². The Morgan fingerprint density at radius 3 is 2.00 bits per heavy atom. The molecular weight excluding hydrogens is 434 g/mol. The van der Waals surface area contributed by atoms with Gasteiger partial charge in [-0.25, -0.2) is 9.98 Å². The van der Waals surface area contributed by atoms with Crippen molar-refractivity contribution in [2.45, 2.75) is 73.1 Å². The van der Waals surface area contributed by atoms with Gasteiger partial charge in [0, 0.05) is 24.7 Å². The van der Waals surface area contributed by atoms with Gasteiger partial charge in [-0.2, -0.15) is 0 Å². The van der Waals surface area contributed by atoms with E-state index in [1.165, 1.54) is 43.2 Å². The fourth-order valence-electron chi connectivity index (χ4n) is 2.99. The summed E-state index contributed by atoms with van der Waals surface area (Å²) in [7, 11) is 0. The van der Waals surface area contributed by atoms with Gasteiger partial charge in [0.2, 0.25) is 0 Å². The standard InChI is InChI=1S/C13H15N5.C12H18O.C4H10/c1-9(2)17-13(14)12-10(3)18(8-16-12)11-4-6-15-7-5-11;1-2-3-4-11-5-7-12(8-6-11)9-10-13;1-3-4-2/h4-8H,3,14H2,1-2H3;5-8,13H,2-4,9-10H2,1H3;3-4H2,1-2H3/b13-12+;;. The highest BCUT2D eigenvalue weighted by Gasteiger charge is 2.01. The van der Waals surface area contributed by atoms with Gasteiger partial charge in [-0.05, 0) is 56.4 Å². The first-order chi connectivity index (χ1) is 16.9. The van der Waals surface area contributed by atoms with E-state index in [9.17, 15) is 0 Å². The topological polar surface area (TPSA) is 89.3 Å². The molecule has 35 heavy (non-hydrogen) atoms. The Balaban J connectivity index is 0.000000316. The molecule has 0 unspecified atom stereocenters. The molecule has 3 aromatic rings. The van der Waals surface area contributed by atoms with E-state index in [0.717, 1.165) is 17.8 Å². The van der Waals surface area contributed by atoms with Crippen LogP contribution in [0.4, 0.5) is 0 Å². The Morgan fingerprint density at radius 2 is 1.51 bits per heavy atom. The Hall–Kier alpha value is -3.25. The van der Waals surface area contributed by atoms with E-state index in [1.807, 2.05) is 30.5 Å². The van der Waals surface area contributed by atoms with Crippen LogP contribution >= 0.6 is 0 Å². The molecule has 0 fully saturated rings. The molecule has 6 nitrogen and oxygen atoms in total. The van der Waals surface area contributed by atoms with Crippen LogP contribution in [0.3, 0.4) is 0 Å². The second-order valence-corrected chi connectivity index (χ2v) is 8.45. The first-order valence-corrected chi connectivity index (χ1v) is 12.5. The van der Waals surface area contributed by atoms with E-state index in [4.69, 9.17) is 10.8 Å². The van der Waals surface area contributed by atoms with E-state index in [0.29, 0.717) is 16.5 Å². The highest BCUT2D eigenvalue weighted by Crippen LogP contribution is 2.08. The fraction of sp³-hybridized carbons (Fsp3) is 0.414. The summed E-state index contributed by atoms with van der Waals surface area (Å²) in [6.07, 6.45) is 12.2. The lowest BCUT2D eigenvalue weighted by Gasteiger charge is -2.01. The van der Waals surface area contributed by atoms with Crippen LogP contribution in [0.15, 0.2) is 60.1 Å². The normalized spacial score (nSPS) is 10.9. The number of aromatic nitrogens is 3. The number of pyridine rings is 1. The third-order valence-corrected chi connectivity index (χ3v) is 5.14. The highest BCUT2D eigenvalue weighted by molar-refractivity contribution is 5.82. The van der Waals surface area contributed by atoms with Crippen molar-refractivity contribution in [2.75, 3.05) is 6.61 Å². The van der Waals surface area contributed by atoms with E-state index in [1.54, 1.807) is 18.7 Å². The molecule has 2 aromatic heterocycles. The van der Waals surface area contributed by atoms with Crippen LogP contribution in [0.2, 0.25) is 0 Å². The van der Waals surface area contributed by atoms with Crippen molar-refractivity contribution in [1.29, 1.82) is 0 Å². The third-order valence-electron chi connectivity index (χ3n) is 5.14. The van der Waals surface area contributed by atoms with Crippen molar-refractivity contribution in [1.82, 2.24) is 14.5 Å². The Bertz CT molecular complexity index is 1100. The minimum atomic E-state index is 0.244. The lowest BCUT2D eigenvalue weighted by molar-refractivity contribution is 0.299. The molecule has 0 bridgehead atoms. The van der Waals surface area contributed by atoms with Crippen LogP contribution in [0.25, 0.3) is 18.1 Å². The number of aliphatic hydroxyl groups is 1. The summed E-state index contributed by atoms with van der Waals surface area (Å²) in [5, 5.41) is 10.0. The van der Waals surface area contributed by atoms with Crippen molar-refractivity contribution in [3.05, 3.63) is 76.9 Å². The molecule has 0 aliphatic carbocycles. The molecule has 3 N–H and O–H groups in total. The molecular formula is C29H43N5O.